The molecule has 78 valence electrons. The predicted molar refractivity (Wildman–Crippen MR) is 54.5 cm³/mol. The van der Waals surface area contributed by atoms with Gasteiger partial charge in [0, 0.05) is 13.1 Å². The van der Waals surface area contributed by atoms with Crippen LogP contribution in [0, 0.1) is 12.7 Å². The van der Waals surface area contributed by atoms with Crippen molar-refractivity contribution in [1.82, 2.24) is 5.32 Å². The molecule has 1 aromatic rings. The van der Waals surface area contributed by atoms with E-state index in [0.29, 0.717) is 18.7 Å². The Morgan fingerprint density at radius 1 is 1.50 bits per heavy atom. The van der Waals surface area contributed by atoms with E-state index in [1.807, 2.05) is 6.07 Å². The SMILES string of the molecule is Cc1cc(CNC[C@H](C)O)ccc1F. The molecule has 0 aliphatic rings. The highest BCUT2D eigenvalue weighted by atomic mass is 19.1. The minimum atomic E-state index is -0.350. The third kappa shape index (κ3) is 3.44. The van der Waals surface area contributed by atoms with Gasteiger partial charge in [-0.3, -0.25) is 0 Å². The molecule has 1 rings (SSSR count). The molecule has 0 saturated carbocycles. The van der Waals surface area contributed by atoms with Gasteiger partial charge in [-0.2, -0.15) is 0 Å². The molecule has 0 heterocycles. The first-order chi connectivity index (χ1) is 6.59. The van der Waals surface area contributed by atoms with E-state index in [1.54, 1.807) is 19.9 Å². The van der Waals surface area contributed by atoms with Crippen molar-refractivity contribution in [3.05, 3.63) is 35.1 Å². The van der Waals surface area contributed by atoms with Gasteiger partial charge in [0.25, 0.3) is 0 Å². The molecule has 0 aromatic heterocycles. The van der Waals surface area contributed by atoms with Gasteiger partial charge in [-0.25, -0.2) is 4.39 Å². The Morgan fingerprint density at radius 2 is 2.21 bits per heavy atom. The summed E-state index contributed by atoms with van der Waals surface area (Å²) in [5.74, 6) is -0.177. The van der Waals surface area contributed by atoms with E-state index in [2.05, 4.69) is 5.32 Å². The van der Waals surface area contributed by atoms with Gasteiger partial charge >= 0.3 is 0 Å². The van der Waals surface area contributed by atoms with Crippen LogP contribution >= 0.6 is 0 Å². The third-order valence-electron chi connectivity index (χ3n) is 1.99. The van der Waals surface area contributed by atoms with Crippen LogP contribution in [0.3, 0.4) is 0 Å². The maximum absolute atomic E-state index is 12.9. The van der Waals surface area contributed by atoms with Gasteiger partial charge in [-0.05, 0) is 31.0 Å². The van der Waals surface area contributed by atoms with Crippen LogP contribution in [0.25, 0.3) is 0 Å². The molecule has 0 aliphatic carbocycles. The zero-order valence-electron chi connectivity index (χ0n) is 8.55. The van der Waals surface area contributed by atoms with Crippen LogP contribution in [0.1, 0.15) is 18.1 Å². The summed E-state index contributed by atoms with van der Waals surface area (Å²) in [5, 5.41) is 12.1. The number of hydrogen-bond donors (Lipinski definition) is 2. The van der Waals surface area contributed by atoms with E-state index in [4.69, 9.17) is 5.11 Å². The van der Waals surface area contributed by atoms with E-state index in [1.165, 1.54) is 6.07 Å². The quantitative estimate of drug-likeness (QED) is 0.768. The highest BCUT2D eigenvalue weighted by Crippen LogP contribution is 2.08. The highest BCUT2D eigenvalue weighted by Gasteiger charge is 1.99. The first-order valence-electron chi connectivity index (χ1n) is 4.73. The van der Waals surface area contributed by atoms with E-state index >= 15 is 0 Å². The van der Waals surface area contributed by atoms with Crippen LogP contribution in [0.15, 0.2) is 18.2 Å². The molecule has 14 heavy (non-hydrogen) atoms. The average molecular weight is 197 g/mol. The minimum absolute atomic E-state index is 0.177. The third-order valence-corrected chi connectivity index (χ3v) is 1.99. The molecule has 3 heteroatoms. The number of nitrogens with one attached hydrogen (secondary N) is 1. The fourth-order valence-corrected chi connectivity index (χ4v) is 1.24. The number of benzene rings is 1. The summed E-state index contributed by atoms with van der Waals surface area (Å²) >= 11 is 0. The number of aryl methyl sites for hydroxylation is 1. The Kier molecular flexibility index (Phi) is 4.04. The lowest BCUT2D eigenvalue weighted by Crippen LogP contribution is -2.23. The van der Waals surface area contributed by atoms with Gasteiger partial charge in [0.15, 0.2) is 0 Å². The Bertz CT molecular complexity index is 299. The molecule has 0 spiro atoms. The average Bonchev–Trinajstić information content (AvgIpc) is 2.10. The summed E-state index contributed by atoms with van der Waals surface area (Å²) in [5.41, 5.74) is 1.69. The first-order valence-corrected chi connectivity index (χ1v) is 4.73. The summed E-state index contributed by atoms with van der Waals surface area (Å²) < 4.78 is 12.9. The standard InChI is InChI=1S/C11H16FNO/c1-8-5-10(3-4-11(8)12)7-13-6-9(2)14/h3-5,9,13-14H,6-7H2,1-2H3/t9-/m0/s1. The van der Waals surface area contributed by atoms with Crippen LogP contribution in [0.5, 0.6) is 0 Å². The molecule has 2 N–H and O–H groups in total. The van der Waals surface area contributed by atoms with Crippen molar-refractivity contribution in [2.45, 2.75) is 26.5 Å². The lowest BCUT2D eigenvalue weighted by Gasteiger charge is -2.07. The number of aliphatic hydroxyl groups is 1. The highest BCUT2D eigenvalue weighted by molar-refractivity contribution is 5.23. The van der Waals surface area contributed by atoms with E-state index in [0.717, 1.165) is 5.56 Å². The number of rotatable bonds is 4. The molecule has 0 bridgehead atoms. The minimum Gasteiger partial charge on any atom is -0.392 e. The Labute approximate surface area is 83.8 Å². The number of aliphatic hydroxyl groups excluding tert-OH is 1. The molecule has 0 unspecified atom stereocenters. The molecule has 0 saturated heterocycles. The summed E-state index contributed by atoms with van der Waals surface area (Å²) in [4.78, 5) is 0. The Morgan fingerprint density at radius 3 is 2.79 bits per heavy atom. The lowest BCUT2D eigenvalue weighted by molar-refractivity contribution is 0.191. The maximum Gasteiger partial charge on any atom is 0.126 e. The summed E-state index contributed by atoms with van der Waals surface area (Å²) in [7, 11) is 0. The van der Waals surface area contributed by atoms with E-state index < -0.39 is 0 Å². The van der Waals surface area contributed by atoms with E-state index in [9.17, 15) is 4.39 Å². The molecular weight excluding hydrogens is 181 g/mol. The summed E-state index contributed by atoms with van der Waals surface area (Å²) in [6.07, 6.45) is -0.350. The van der Waals surface area contributed by atoms with Crippen molar-refractivity contribution in [2.75, 3.05) is 6.54 Å². The van der Waals surface area contributed by atoms with Gasteiger partial charge in [0.2, 0.25) is 0 Å². The molecule has 0 radical (unpaired) electrons. The largest absolute Gasteiger partial charge is 0.392 e. The first kappa shape index (κ1) is 11.1. The Balaban J connectivity index is 2.47. The van der Waals surface area contributed by atoms with Crippen LogP contribution in [-0.4, -0.2) is 17.8 Å². The fourth-order valence-electron chi connectivity index (χ4n) is 1.24. The predicted octanol–water partition coefficient (Wildman–Crippen LogP) is 1.60. The summed E-state index contributed by atoms with van der Waals surface area (Å²) in [6, 6.07) is 5.02. The molecule has 2 nitrogen and oxygen atoms in total. The second-order valence-corrected chi connectivity index (χ2v) is 3.56. The molecule has 0 amide bonds. The van der Waals surface area contributed by atoms with Crippen LogP contribution in [-0.2, 0) is 6.54 Å². The normalized spacial score (nSPS) is 12.9. The lowest BCUT2D eigenvalue weighted by atomic mass is 10.1. The fraction of sp³-hybridized carbons (Fsp3) is 0.455. The second-order valence-electron chi connectivity index (χ2n) is 3.56. The van der Waals surface area contributed by atoms with Crippen LogP contribution in [0.2, 0.25) is 0 Å². The zero-order valence-corrected chi connectivity index (χ0v) is 8.55. The van der Waals surface area contributed by atoms with Gasteiger partial charge in [0.05, 0.1) is 6.10 Å². The topological polar surface area (TPSA) is 32.3 Å². The number of hydrogen-bond acceptors (Lipinski definition) is 2. The van der Waals surface area contributed by atoms with Crippen LogP contribution < -0.4 is 5.32 Å². The molecule has 1 atom stereocenters. The summed E-state index contributed by atoms with van der Waals surface area (Å²) in [6.45, 7) is 4.68. The van der Waals surface area contributed by atoms with Crippen molar-refractivity contribution in [3.8, 4) is 0 Å². The van der Waals surface area contributed by atoms with Gasteiger partial charge in [0.1, 0.15) is 5.82 Å². The second kappa shape index (κ2) is 5.08. The smallest absolute Gasteiger partial charge is 0.126 e. The molecule has 1 aromatic carbocycles. The van der Waals surface area contributed by atoms with Crippen molar-refractivity contribution in [2.24, 2.45) is 0 Å². The van der Waals surface area contributed by atoms with Crippen molar-refractivity contribution in [1.29, 1.82) is 0 Å². The molecule has 0 fully saturated rings. The van der Waals surface area contributed by atoms with Gasteiger partial charge in [-0.1, -0.05) is 12.1 Å². The number of halogens is 1. The zero-order chi connectivity index (χ0) is 10.6. The maximum atomic E-state index is 12.9. The van der Waals surface area contributed by atoms with Crippen LogP contribution in [0.4, 0.5) is 4.39 Å². The van der Waals surface area contributed by atoms with Gasteiger partial charge < -0.3 is 10.4 Å². The Hall–Kier alpha value is -0.930. The molecular formula is C11H16FNO. The van der Waals surface area contributed by atoms with E-state index in [-0.39, 0.29) is 11.9 Å². The molecule has 0 aliphatic heterocycles. The monoisotopic (exact) mass is 197 g/mol. The van der Waals surface area contributed by atoms with Crippen molar-refractivity contribution in [3.63, 3.8) is 0 Å². The van der Waals surface area contributed by atoms with Crippen molar-refractivity contribution < 1.29 is 9.50 Å². The van der Waals surface area contributed by atoms with Crippen molar-refractivity contribution >= 4 is 0 Å². The van der Waals surface area contributed by atoms with Gasteiger partial charge in [-0.15, -0.1) is 0 Å².